The van der Waals surface area contributed by atoms with Gasteiger partial charge in [0.05, 0.1) is 12.3 Å². The SMILES string of the molecule is CCOc1c(N)cccc1C(=O)OC(C)C(=O)NC. The minimum Gasteiger partial charge on any atom is -0.491 e. The molecular weight excluding hydrogens is 248 g/mol. The summed E-state index contributed by atoms with van der Waals surface area (Å²) in [5.41, 5.74) is 6.31. The van der Waals surface area contributed by atoms with Crippen LogP contribution in [-0.4, -0.2) is 31.6 Å². The topological polar surface area (TPSA) is 90.7 Å². The van der Waals surface area contributed by atoms with Crippen molar-refractivity contribution in [2.45, 2.75) is 20.0 Å². The normalized spacial score (nSPS) is 11.5. The highest BCUT2D eigenvalue weighted by atomic mass is 16.5. The van der Waals surface area contributed by atoms with Crippen molar-refractivity contribution in [1.82, 2.24) is 5.32 Å². The van der Waals surface area contributed by atoms with E-state index in [4.69, 9.17) is 15.2 Å². The van der Waals surface area contributed by atoms with E-state index in [-0.39, 0.29) is 17.2 Å². The van der Waals surface area contributed by atoms with Crippen molar-refractivity contribution >= 4 is 17.6 Å². The van der Waals surface area contributed by atoms with Crippen LogP contribution in [0.25, 0.3) is 0 Å². The average Bonchev–Trinajstić information content (AvgIpc) is 2.40. The monoisotopic (exact) mass is 266 g/mol. The van der Waals surface area contributed by atoms with Crippen LogP contribution >= 0.6 is 0 Å². The van der Waals surface area contributed by atoms with Crippen molar-refractivity contribution in [3.63, 3.8) is 0 Å². The zero-order chi connectivity index (χ0) is 14.4. The number of nitrogens with two attached hydrogens (primary N) is 1. The first kappa shape index (κ1) is 14.8. The first-order chi connectivity index (χ1) is 9.01. The minimum atomic E-state index is -0.881. The van der Waals surface area contributed by atoms with Gasteiger partial charge in [-0.15, -0.1) is 0 Å². The Hall–Kier alpha value is -2.24. The summed E-state index contributed by atoms with van der Waals surface area (Å²) in [5.74, 6) is -0.749. The number of esters is 1. The van der Waals surface area contributed by atoms with E-state index >= 15 is 0 Å². The molecule has 0 heterocycles. The molecule has 3 N–H and O–H groups in total. The van der Waals surface area contributed by atoms with Gasteiger partial charge in [-0.2, -0.15) is 0 Å². The third kappa shape index (κ3) is 3.61. The van der Waals surface area contributed by atoms with Crippen molar-refractivity contribution in [2.24, 2.45) is 0 Å². The summed E-state index contributed by atoms with van der Waals surface area (Å²) in [5, 5.41) is 2.40. The number of hydrogen-bond acceptors (Lipinski definition) is 5. The quantitative estimate of drug-likeness (QED) is 0.612. The summed E-state index contributed by atoms with van der Waals surface area (Å²) in [7, 11) is 1.47. The second-order valence-corrected chi connectivity index (χ2v) is 3.82. The lowest BCUT2D eigenvalue weighted by Crippen LogP contribution is -2.33. The number of ether oxygens (including phenoxy) is 2. The van der Waals surface area contributed by atoms with Gasteiger partial charge in [-0.3, -0.25) is 4.79 Å². The first-order valence-corrected chi connectivity index (χ1v) is 5.95. The van der Waals surface area contributed by atoms with Crippen molar-refractivity contribution in [3.8, 4) is 5.75 Å². The summed E-state index contributed by atoms with van der Waals surface area (Å²) in [4.78, 5) is 23.3. The van der Waals surface area contributed by atoms with Gasteiger partial charge in [0.2, 0.25) is 0 Å². The fourth-order valence-corrected chi connectivity index (χ4v) is 1.50. The van der Waals surface area contributed by atoms with Gasteiger partial charge in [0, 0.05) is 7.05 Å². The molecule has 1 unspecified atom stereocenters. The second-order valence-electron chi connectivity index (χ2n) is 3.82. The fraction of sp³-hybridized carbons (Fsp3) is 0.385. The summed E-state index contributed by atoms with van der Waals surface area (Å²) in [6.45, 7) is 3.65. The van der Waals surface area contributed by atoms with Gasteiger partial charge in [0.15, 0.2) is 11.9 Å². The van der Waals surface area contributed by atoms with Crippen molar-refractivity contribution < 1.29 is 19.1 Å². The summed E-state index contributed by atoms with van der Waals surface area (Å²) in [6, 6.07) is 4.79. The standard InChI is InChI=1S/C13H18N2O4/c1-4-18-11-9(6-5-7-10(11)14)13(17)19-8(2)12(16)15-3/h5-8H,4,14H2,1-3H3,(H,15,16). The van der Waals surface area contributed by atoms with Gasteiger partial charge < -0.3 is 20.5 Å². The number of nitrogens with one attached hydrogen (secondary N) is 1. The molecule has 0 radical (unpaired) electrons. The number of benzene rings is 1. The lowest BCUT2D eigenvalue weighted by molar-refractivity contribution is -0.128. The molecule has 0 fully saturated rings. The molecule has 6 nitrogen and oxygen atoms in total. The van der Waals surface area contributed by atoms with Crippen LogP contribution in [0, 0.1) is 0 Å². The highest BCUT2D eigenvalue weighted by molar-refractivity contribution is 5.96. The molecule has 0 saturated carbocycles. The Morgan fingerprint density at radius 2 is 2.11 bits per heavy atom. The van der Waals surface area contributed by atoms with Crippen molar-refractivity contribution in [1.29, 1.82) is 0 Å². The van der Waals surface area contributed by atoms with Gasteiger partial charge in [-0.25, -0.2) is 4.79 Å². The van der Waals surface area contributed by atoms with E-state index in [0.717, 1.165) is 0 Å². The molecule has 0 bridgehead atoms. The molecule has 0 aliphatic carbocycles. The highest BCUT2D eigenvalue weighted by Gasteiger charge is 2.21. The van der Waals surface area contributed by atoms with Gasteiger partial charge >= 0.3 is 5.97 Å². The number of likely N-dealkylation sites (N-methyl/N-ethyl adjacent to an activating group) is 1. The molecule has 0 saturated heterocycles. The molecular formula is C13H18N2O4. The van der Waals surface area contributed by atoms with Gasteiger partial charge in [0.25, 0.3) is 5.91 Å². The Morgan fingerprint density at radius 1 is 1.42 bits per heavy atom. The van der Waals surface area contributed by atoms with E-state index in [1.54, 1.807) is 25.1 Å². The first-order valence-electron chi connectivity index (χ1n) is 5.95. The largest absolute Gasteiger partial charge is 0.491 e. The molecule has 0 aliphatic heterocycles. The van der Waals surface area contributed by atoms with Gasteiger partial charge in [-0.05, 0) is 26.0 Å². The van der Waals surface area contributed by atoms with Crippen molar-refractivity contribution in [3.05, 3.63) is 23.8 Å². The number of rotatable bonds is 5. The van der Waals surface area contributed by atoms with E-state index in [1.165, 1.54) is 14.0 Å². The Balaban J connectivity index is 2.93. The molecule has 1 atom stereocenters. The number of nitrogen functional groups attached to an aromatic ring is 1. The van der Waals surface area contributed by atoms with Crippen LogP contribution in [0.3, 0.4) is 0 Å². The minimum absolute atomic E-state index is 0.206. The van der Waals surface area contributed by atoms with Crippen LogP contribution in [0.15, 0.2) is 18.2 Å². The third-order valence-corrected chi connectivity index (χ3v) is 2.45. The van der Waals surface area contributed by atoms with E-state index < -0.39 is 12.1 Å². The van der Waals surface area contributed by atoms with Gasteiger partial charge in [-0.1, -0.05) is 6.07 Å². The Morgan fingerprint density at radius 3 is 2.68 bits per heavy atom. The molecule has 6 heteroatoms. The molecule has 104 valence electrons. The predicted octanol–water partition coefficient (Wildman–Crippen LogP) is 0.959. The van der Waals surface area contributed by atoms with Crippen LogP contribution < -0.4 is 15.8 Å². The predicted molar refractivity (Wildman–Crippen MR) is 71.0 cm³/mol. The van der Waals surface area contributed by atoms with Crippen LogP contribution in [-0.2, 0) is 9.53 Å². The molecule has 1 aromatic rings. The smallest absolute Gasteiger partial charge is 0.342 e. The van der Waals surface area contributed by atoms with E-state index in [9.17, 15) is 9.59 Å². The van der Waals surface area contributed by atoms with Gasteiger partial charge in [0.1, 0.15) is 5.56 Å². The Kier molecular flexibility index (Phi) is 5.17. The maximum atomic E-state index is 12.0. The molecule has 0 aromatic heterocycles. The van der Waals surface area contributed by atoms with Crippen LogP contribution in [0.5, 0.6) is 5.75 Å². The number of para-hydroxylation sites is 1. The Labute approximate surface area is 111 Å². The molecule has 1 rings (SSSR count). The maximum absolute atomic E-state index is 12.0. The Bertz CT molecular complexity index is 474. The maximum Gasteiger partial charge on any atom is 0.342 e. The number of carbonyl (C=O) groups is 2. The highest BCUT2D eigenvalue weighted by Crippen LogP contribution is 2.27. The fourth-order valence-electron chi connectivity index (χ4n) is 1.50. The number of anilines is 1. The molecule has 1 aromatic carbocycles. The lowest BCUT2D eigenvalue weighted by atomic mass is 10.1. The molecule has 1 amide bonds. The van der Waals surface area contributed by atoms with Crippen LogP contribution in [0.1, 0.15) is 24.2 Å². The van der Waals surface area contributed by atoms with E-state index in [0.29, 0.717) is 12.3 Å². The van der Waals surface area contributed by atoms with Crippen LogP contribution in [0.4, 0.5) is 5.69 Å². The average molecular weight is 266 g/mol. The number of hydrogen-bond donors (Lipinski definition) is 2. The van der Waals surface area contributed by atoms with E-state index in [2.05, 4.69) is 5.32 Å². The van der Waals surface area contributed by atoms with Crippen molar-refractivity contribution in [2.75, 3.05) is 19.4 Å². The third-order valence-electron chi connectivity index (χ3n) is 2.45. The lowest BCUT2D eigenvalue weighted by Gasteiger charge is -2.15. The summed E-state index contributed by atoms with van der Waals surface area (Å²) >= 11 is 0. The summed E-state index contributed by atoms with van der Waals surface area (Å²) in [6.07, 6.45) is -0.881. The molecule has 0 aliphatic rings. The number of carbonyl (C=O) groups excluding carboxylic acids is 2. The molecule has 19 heavy (non-hydrogen) atoms. The number of amides is 1. The summed E-state index contributed by atoms with van der Waals surface area (Å²) < 4.78 is 10.4. The second kappa shape index (κ2) is 6.63. The zero-order valence-corrected chi connectivity index (χ0v) is 11.2. The molecule has 0 spiro atoms. The van der Waals surface area contributed by atoms with Crippen LogP contribution in [0.2, 0.25) is 0 Å². The zero-order valence-electron chi connectivity index (χ0n) is 11.2. The van der Waals surface area contributed by atoms with E-state index in [1.807, 2.05) is 0 Å².